The Hall–Kier alpha value is -3.60. The largest absolute Gasteiger partial charge is 0.462 e. The first-order valence-corrected chi connectivity index (χ1v) is 11.1. The van der Waals surface area contributed by atoms with Crippen molar-refractivity contribution in [1.29, 1.82) is 0 Å². The van der Waals surface area contributed by atoms with Gasteiger partial charge in [0.05, 0.1) is 11.8 Å². The summed E-state index contributed by atoms with van der Waals surface area (Å²) in [5.74, 6) is 1.11. The van der Waals surface area contributed by atoms with Crippen LogP contribution in [0.4, 0.5) is 5.69 Å². The highest BCUT2D eigenvalue weighted by Gasteiger charge is 2.63. The van der Waals surface area contributed by atoms with Gasteiger partial charge in [-0.1, -0.05) is 48.5 Å². The zero-order valence-corrected chi connectivity index (χ0v) is 17.4. The maximum Gasteiger partial charge on any atom is 0.310 e. The third-order valence-electron chi connectivity index (χ3n) is 7.11. The Morgan fingerprint density at radius 1 is 0.906 bits per heavy atom. The van der Waals surface area contributed by atoms with Crippen LogP contribution >= 0.6 is 0 Å². The molecule has 2 saturated carbocycles. The smallest absolute Gasteiger partial charge is 0.310 e. The molecule has 1 saturated heterocycles. The SMILES string of the molecule is O=C(Nc1ccc(Oc2ccccc2-c2ccccc2)cc1)[C@@H]1[C@H]2C[C@@H]3[C@@H]1C(=O)O[C@@H]3C2. The average Bonchev–Trinajstić information content (AvgIpc) is 3.44. The van der Waals surface area contributed by atoms with E-state index < -0.39 is 0 Å². The van der Waals surface area contributed by atoms with Crippen molar-refractivity contribution in [3.8, 4) is 22.6 Å². The molecule has 0 unspecified atom stereocenters. The molecule has 32 heavy (non-hydrogen) atoms. The van der Waals surface area contributed by atoms with Gasteiger partial charge in [0.25, 0.3) is 0 Å². The standard InChI is InChI=1S/C27H23NO4/c29-26(24-17-14-21-23(15-17)32-27(30)25(21)24)28-18-10-12-19(13-11-18)31-22-9-5-4-8-20(22)16-6-2-1-3-7-16/h1-13,17,21,23-25H,14-15H2,(H,28,29)/t17-,21-,23+,24+,25-/m0/s1. The molecule has 1 N–H and O–H groups in total. The summed E-state index contributed by atoms with van der Waals surface area (Å²) in [7, 11) is 0. The second-order valence-corrected chi connectivity index (χ2v) is 8.90. The molecule has 2 aliphatic carbocycles. The fourth-order valence-corrected chi connectivity index (χ4v) is 5.73. The highest BCUT2D eigenvalue weighted by molar-refractivity contribution is 5.97. The molecule has 1 amide bonds. The molecule has 1 aliphatic heterocycles. The Morgan fingerprint density at radius 3 is 2.47 bits per heavy atom. The predicted molar refractivity (Wildman–Crippen MR) is 120 cm³/mol. The van der Waals surface area contributed by atoms with Crippen molar-refractivity contribution < 1.29 is 19.1 Å². The minimum atomic E-state index is -0.278. The molecule has 3 fully saturated rings. The molecule has 1 heterocycles. The number of fused-ring (bicyclic) bond motifs is 1. The second kappa shape index (κ2) is 7.52. The van der Waals surface area contributed by atoms with E-state index in [4.69, 9.17) is 9.47 Å². The van der Waals surface area contributed by atoms with Crippen LogP contribution in [-0.4, -0.2) is 18.0 Å². The molecule has 6 rings (SSSR count). The van der Waals surface area contributed by atoms with Crippen molar-refractivity contribution in [2.75, 3.05) is 5.32 Å². The number of carbonyl (C=O) groups is 2. The second-order valence-electron chi connectivity index (χ2n) is 8.90. The highest BCUT2D eigenvalue weighted by atomic mass is 16.6. The zero-order chi connectivity index (χ0) is 21.7. The van der Waals surface area contributed by atoms with Gasteiger partial charge in [-0.3, -0.25) is 9.59 Å². The maximum atomic E-state index is 13.0. The first kappa shape index (κ1) is 19.1. The summed E-state index contributed by atoms with van der Waals surface area (Å²) < 4.78 is 11.6. The van der Waals surface area contributed by atoms with E-state index in [0.29, 0.717) is 11.4 Å². The van der Waals surface area contributed by atoms with Gasteiger partial charge in [0, 0.05) is 17.2 Å². The van der Waals surface area contributed by atoms with E-state index in [1.54, 1.807) is 0 Å². The molecule has 160 valence electrons. The summed E-state index contributed by atoms with van der Waals surface area (Å²) in [6.45, 7) is 0. The molecule has 0 aromatic heterocycles. The third-order valence-corrected chi connectivity index (χ3v) is 7.11. The number of amides is 1. The molecule has 2 bridgehead atoms. The number of nitrogens with one attached hydrogen (secondary N) is 1. The topological polar surface area (TPSA) is 64.6 Å². The first-order chi connectivity index (χ1) is 15.7. The summed E-state index contributed by atoms with van der Waals surface area (Å²) in [6, 6.07) is 25.4. The molecule has 5 heteroatoms. The van der Waals surface area contributed by atoms with Crippen LogP contribution in [0.3, 0.4) is 0 Å². The molecular formula is C27H23NO4. The maximum absolute atomic E-state index is 13.0. The van der Waals surface area contributed by atoms with Gasteiger partial charge in [0.1, 0.15) is 17.6 Å². The number of hydrogen-bond acceptors (Lipinski definition) is 4. The average molecular weight is 425 g/mol. The Morgan fingerprint density at radius 2 is 1.66 bits per heavy atom. The molecule has 3 aromatic carbocycles. The van der Waals surface area contributed by atoms with Gasteiger partial charge in [0.2, 0.25) is 5.91 Å². The van der Waals surface area contributed by atoms with E-state index >= 15 is 0 Å². The number of ether oxygens (including phenoxy) is 2. The minimum Gasteiger partial charge on any atom is -0.462 e. The van der Waals surface area contributed by atoms with Gasteiger partial charge in [-0.15, -0.1) is 0 Å². The Balaban J connectivity index is 1.16. The highest BCUT2D eigenvalue weighted by Crippen LogP contribution is 2.57. The predicted octanol–water partition coefficient (Wildman–Crippen LogP) is 5.28. The fourth-order valence-electron chi connectivity index (χ4n) is 5.73. The van der Waals surface area contributed by atoms with E-state index in [0.717, 1.165) is 29.7 Å². The Kier molecular flexibility index (Phi) is 4.49. The number of hydrogen-bond donors (Lipinski definition) is 1. The van der Waals surface area contributed by atoms with Gasteiger partial charge < -0.3 is 14.8 Å². The summed E-state index contributed by atoms with van der Waals surface area (Å²) in [5, 5.41) is 3.00. The third kappa shape index (κ3) is 3.16. The van der Waals surface area contributed by atoms with Crippen LogP contribution in [-0.2, 0) is 14.3 Å². The minimum absolute atomic E-state index is 0.0387. The monoisotopic (exact) mass is 425 g/mol. The van der Waals surface area contributed by atoms with Crippen LogP contribution in [0, 0.1) is 23.7 Å². The quantitative estimate of drug-likeness (QED) is 0.565. The van der Waals surface area contributed by atoms with Crippen LogP contribution in [0.15, 0.2) is 78.9 Å². The number of para-hydroxylation sites is 1. The summed E-state index contributed by atoms with van der Waals surface area (Å²) in [5.41, 5.74) is 2.80. The van der Waals surface area contributed by atoms with Crippen LogP contribution in [0.25, 0.3) is 11.1 Å². The summed E-state index contributed by atoms with van der Waals surface area (Å²) in [6.07, 6.45) is 1.78. The lowest BCUT2D eigenvalue weighted by Gasteiger charge is -2.23. The van der Waals surface area contributed by atoms with Gasteiger partial charge in [-0.25, -0.2) is 0 Å². The van der Waals surface area contributed by atoms with Crippen molar-refractivity contribution in [3.63, 3.8) is 0 Å². The van der Waals surface area contributed by atoms with Crippen molar-refractivity contribution in [2.45, 2.75) is 18.9 Å². The van der Waals surface area contributed by atoms with Gasteiger partial charge in [-0.05, 0) is 54.7 Å². The number of benzene rings is 3. The zero-order valence-electron chi connectivity index (χ0n) is 17.4. The van der Waals surface area contributed by atoms with E-state index in [1.165, 1.54) is 0 Å². The lowest BCUT2D eigenvalue weighted by atomic mass is 9.79. The molecule has 5 nitrogen and oxygen atoms in total. The van der Waals surface area contributed by atoms with Crippen molar-refractivity contribution in [2.24, 2.45) is 23.7 Å². The Bertz CT molecular complexity index is 1170. The van der Waals surface area contributed by atoms with E-state index in [9.17, 15) is 9.59 Å². The number of esters is 1. The van der Waals surface area contributed by atoms with E-state index in [1.807, 2.05) is 66.7 Å². The van der Waals surface area contributed by atoms with Crippen LogP contribution in [0.1, 0.15) is 12.8 Å². The van der Waals surface area contributed by atoms with Gasteiger partial charge >= 0.3 is 5.97 Å². The van der Waals surface area contributed by atoms with Crippen LogP contribution < -0.4 is 10.1 Å². The van der Waals surface area contributed by atoms with Crippen molar-refractivity contribution in [3.05, 3.63) is 78.9 Å². The van der Waals surface area contributed by atoms with E-state index in [2.05, 4.69) is 17.4 Å². The van der Waals surface area contributed by atoms with Crippen molar-refractivity contribution in [1.82, 2.24) is 0 Å². The first-order valence-electron chi connectivity index (χ1n) is 11.1. The Labute approximate surface area is 186 Å². The molecule has 0 spiro atoms. The molecular weight excluding hydrogens is 402 g/mol. The normalized spacial score (nSPS) is 27.2. The molecule has 0 radical (unpaired) electrons. The van der Waals surface area contributed by atoms with Crippen LogP contribution in [0.2, 0.25) is 0 Å². The van der Waals surface area contributed by atoms with Gasteiger partial charge in [-0.2, -0.15) is 0 Å². The lowest BCUT2D eigenvalue weighted by Crippen LogP contribution is -2.35. The number of carbonyl (C=O) groups excluding carboxylic acids is 2. The summed E-state index contributed by atoms with van der Waals surface area (Å²) >= 11 is 0. The summed E-state index contributed by atoms with van der Waals surface area (Å²) in [4.78, 5) is 25.2. The van der Waals surface area contributed by atoms with Crippen LogP contribution in [0.5, 0.6) is 11.5 Å². The fraction of sp³-hybridized carbons (Fsp3) is 0.259. The van der Waals surface area contributed by atoms with E-state index in [-0.39, 0.29) is 41.7 Å². The van der Waals surface area contributed by atoms with Crippen molar-refractivity contribution >= 4 is 17.6 Å². The number of rotatable bonds is 5. The number of anilines is 1. The molecule has 5 atom stereocenters. The molecule has 3 aromatic rings. The lowest BCUT2D eigenvalue weighted by molar-refractivity contribution is -0.145. The molecule has 3 aliphatic rings. The van der Waals surface area contributed by atoms with Gasteiger partial charge in [0.15, 0.2) is 0 Å².